The average molecular weight is 508 g/mol. The summed E-state index contributed by atoms with van der Waals surface area (Å²) in [6, 6.07) is 4.54. The first-order valence-electron chi connectivity index (χ1n) is 7.93. The summed E-state index contributed by atoms with van der Waals surface area (Å²) in [5.74, 6) is -0.547. The zero-order valence-electron chi connectivity index (χ0n) is 14.6. The Bertz CT molecular complexity index is 862. The highest BCUT2D eigenvalue weighted by Crippen LogP contribution is 2.23. The van der Waals surface area contributed by atoms with Crippen LogP contribution in [0.4, 0.5) is 19.0 Å². The molecule has 0 saturated heterocycles. The van der Waals surface area contributed by atoms with Crippen molar-refractivity contribution in [1.29, 1.82) is 0 Å². The highest BCUT2D eigenvalue weighted by atomic mass is 127. The lowest BCUT2D eigenvalue weighted by Crippen LogP contribution is -2.23. The summed E-state index contributed by atoms with van der Waals surface area (Å²) >= 11 is 1.99. The number of carbonyl (C=O) groups is 2. The normalized spacial score (nSPS) is 11.0. The predicted octanol–water partition coefficient (Wildman–Crippen LogP) is 3.24. The number of nitrogens with zero attached hydrogens (tertiary/aromatic N) is 2. The fourth-order valence-electron chi connectivity index (χ4n) is 2.12. The van der Waals surface area contributed by atoms with Crippen LogP contribution in [0.15, 0.2) is 30.6 Å². The van der Waals surface area contributed by atoms with Crippen molar-refractivity contribution in [2.45, 2.75) is 24.1 Å². The quantitative estimate of drug-likeness (QED) is 0.443. The Balaban J connectivity index is 2.02. The molecule has 0 aliphatic heterocycles. The van der Waals surface area contributed by atoms with Gasteiger partial charge in [0.25, 0.3) is 5.91 Å². The van der Waals surface area contributed by atoms with E-state index in [9.17, 15) is 22.8 Å². The molecule has 2 aromatic heterocycles. The summed E-state index contributed by atoms with van der Waals surface area (Å²) < 4.78 is 42.0. The van der Waals surface area contributed by atoms with Crippen LogP contribution in [-0.4, -0.2) is 34.6 Å². The first-order valence-corrected chi connectivity index (χ1v) is 9.45. The van der Waals surface area contributed by atoms with E-state index >= 15 is 0 Å². The summed E-state index contributed by atoms with van der Waals surface area (Å²) in [6.45, 7) is 0.0272. The van der Waals surface area contributed by atoms with E-state index in [1.807, 2.05) is 22.6 Å². The summed E-state index contributed by atoms with van der Waals surface area (Å²) in [5.41, 5.74) is 1.40. The molecule has 28 heavy (non-hydrogen) atoms. The Hall–Kier alpha value is -2.44. The summed E-state index contributed by atoms with van der Waals surface area (Å²) in [6.07, 6.45) is -1.71. The molecule has 0 aromatic carbocycles. The van der Waals surface area contributed by atoms with E-state index in [1.165, 1.54) is 31.5 Å². The van der Waals surface area contributed by atoms with Crippen LogP contribution >= 0.6 is 22.6 Å². The second kappa shape index (κ2) is 9.66. The van der Waals surface area contributed by atoms with Crippen molar-refractivity contribution in [1.82, 2.24) is 15.3 Å². The van der Waals surface area contributed by atoms with E-state index in [-0.39, 0.29) is 24.1 Å². The first-order chi connectivity index (χ1) is 13.2. The van der Waals surface area contributed by atoms with Crippen LogP contribution in [0, 0.1) is 0 Å². The lowest BCUT2D eigenvalue weighted by atomic mass is 10.2. The fourth-order valence-corrected chi connectivity index (χ4v) is 2.67. The van der Waals surface area contributed by atoms with Crippen molar-refractivity contribution in [3.63, 3.8) is 0 Å². The molecule has 0 radical (unpaired) electrons. The van der Waals surface area contributed by atoms with E-state index in [0.29, 0.717) is 21.1 Å². The van der Waals surface area contributed by atoms with Gasteiger partial charge in [0.2, 0.25) is 11.8 Å². The standard InChI is InChI=1S/C17H16F3IN4O3/c1-10(26)25-14-5-12(2-3-22-14)15(27)23-7-11-4-13(6-21)16(24-8-11)28-9-17(18,19)20/h2-5,8H,6-7,9H2,1H3,(H,23,27)(H,22,25,26). The number of hydrogen-bond acceptors (Lipinski definition) is 5. The van der Waals surface area contributed by atoms with Crippen LogP contribution in [-0.2, 0) is 15.8 Å². The van der Waals surface area contributed by atoms with Crippen LogP contribution < -0.4 is 15.4 Å². The van der Waals surface area contributed by atoms with Crippen molar-refractivity contribution in [2.75, 3.05) is 11.9 Å². The molecule has 0 saturated carbocycles. The molecule has 2 rings (SSSR count). The number of pyridine rings is 2. The van der Waals surface area contributed by atoms with Crippen molar-refractivity contribution >= 4 is 40.2 Å². The molecular formula is C17H16F3IN4O3. The van der Waals surface area contributed by atoms with Crippen molar-refractivity contribution in [3.05, 3.63) is 47.3 Å². The lowest BCUT2D eigenvalue weighted by molar-refractivity contribution is -0.154. The monoisotopic (exact) mass is 508 g/mol. The molecule has 0 fully saturated rings. The second-order valence-electron chi connectivity index (χ2n) is 5.64. The van der Waals surface area contributed by atoms with Crippen LogP contribution in [0.5, 0.6) is 5.88 Å². The first kappa shape index (κ1) is 21.9. The number of aromatic nitrogens is 2. The number of alkyl halides is 4. The number of carbonyl (C=O) groups excluding carboxylic acids is 2. The second-order valence-corrected chi connectivity index (χ2v) is 6.40. The van der Waals surface area contributed by atoms with Crippen molar-refractivity contribution in [3.8, 4) is 5.88 Å². The maximum absolute atomic E-state index is 12.3. The van der Waals surface area contributed by atoms with Gasteiger partial charge in [-0.2, -0.15) is 13.2 Å². The number of hydrogen-bond donors (Lipinski definition) is 2. The third kappa shape index (κ3) is 6.94. The van der Waals surface area contributed by atoms with Gasteiger partial charge in [-0.1, -0.05) is 22.6 Å². The third-order valence-electron chi connectivity index (χ3n) is 3.28. The fraction of sp³-hybridized carbons (Fsp3) is 0.294. The molecule has 0 aliphatic rings. The predicted molar refractivity (Wildman–Crippen MR) is 103 cm³/mol. The Morgan fingerprint density at radius 1 is 1.25 bits per heavy atom. The van der Waals surface area contributed by atoms with Gasteiger partial charge in [0.15, 0.2) is 6.61 Å². The number of amides is 2. The van der Waals surface area contributed by atoms with Crippen molar-refractivity contribution in [2.24, 2.45) is 0 Å². The third-order valence-corrected chi connectivity index (χ3v) is 4.10. The molecule has 7 nitrogen and oxygen atoms in total. The molecular weight excluding hydrogens is 492 g/mol. The Kier molecular flexibility index (Phi) is 7.54. The minimum atomic E-state index is -4.45. The van der Waals surface area contributed by atoms with Gasteiger partial charge in [-0.25, -0.2) is 9.97 Å². The number of rotatable bonds is 7. The molecule has 0 spiro atoms. The highest BCUT2D eigenvalue weighted by molar-refractivity contribution is 14.1. The van der Waals surface area contributed by atoms with Crippen LogP contribution in [0.3, 0.4) is 0 Å². The molecule has 2 aromatic rings. The summed E-state index contributed by atoms with van der Waals surface area (Å²) in [7, 11) is 0. The molecule has 11 heteroatoms. The van der Waals surface area contributed by atoms with Gasteiger partial charge in [-0.15, -0.1) is 0 Å². The van der Waals surface area contributed by atoms with Crippen molar-refractivity contribution < 1.29 is 27.5 Å². The summed E-state index contributed by atoms with van der Waals surface area (Å²) in [5, 5.41) is 5.16. The van der Waals surface area contributed by atoms with Crippen LogP contribution in [0.2, 0.25) is 0 Å². The average Bonchev–Trinajstić information content (AvgIpc) is 2.63. The van der Waals surface area contributed by atoms with Gasteiger partial charge in [-0.3, -0.25) is 9.59 Å². The van der Waals surface area contributed by atoms with Gasteiger partial charge < -0.3 is 15.4 Å². The smallest absolute Gasteiger partial charge is 0.422 e. The van der Waals surface area contributed by atoms with Gasteiger partial charge in [0, 0.05) is 41.4 Å². The van der Waals surface area contributed by atoms with Gasteiger partial charge in [-0.05, 0) is 23.8 Å². The maximum atomic E-state index is 12.3. The molecule has 0 atom stereocenters. The van der Waals surface area contributed by atoms with E-state index in [2.05, 4.69) is 20.6 Å². The molecule has 2 N–H and O–H groups in total. The van der Waals surface area contributed by atoms with E-state index in [4.69, 9.17) is 4.74 Å². The zero-order valence-corrected chi connectivity index (χ0v) is 16.8. The van der Waals surface area contributed by atoms with E-state index < -0.39 is 18.7 Å². The van der Waals surface area contributed by atoms with Crippen LogP contribution in [0.25, 0.3) is 0 Å². The molecule has 0 aliphatic carbocycles. The highest BCUT2D eigenvalue weighted by Gasteiger charge is 2.29. The zero-order chi connectivity index (χ0) is 20.7. The van der Waals surface area contributed by atoms with Crippen LogP contribution in [0.1, 0.15) is 28.4 Å². The largest absolute Gasteiger partial charge is 0.468 e. The van der Waals surface area contributed by atoms with E-state index in [1.54, 1.807) is 6.07 Å². The summed E-state index contributed by atoms with van der Waals surface area (Å²) in [4.78, 5) is 31.2. The number of anilines is 1. The number of halogens is 4. The topological polar surface area (TPSA) is 93.2 Å². The molecule has 2 amide bonds. The minimum Gasteiger partial charge on any atom is -0.468 e. The Labute approximate surface area is 172 Å². The van der Waals surface area contributed by atoms with Gasteiger partial charge in [0.1, 0.15) is 5.82 Å². The molecule has 150 valence electrons. The van der Waals surface area contributed by atoms with Gasteiger partial charge >= 0.3 is 6.18 Å². The SMILES string of the molecule is CC(=O)Nc1cc(C(=O)NCc2cnc(OCC(F)(F)F)c(CI)c2)ccn1. The van der Waals surface area contributed by atoms with Gasteiger partial charge in [0.05, 0.1) is 0 Å². The maximum Gasteiger partial charge on any atom is 0.422 e. The minimum absolute atomic E-state index is 0.0871. The lowest BCUT2D eigenvalue weighted by Gasteiger charge is -2.12. The van der Waals surface area contributed by atoms with E-state index in [0.717, 1.165) is 0 Å². The Morgan fingerprint density at radius 2 is 2.00 bits per heavy atom. The molecule has 2 heterocycles. The molecule has 0 bridgehead atoms. The molecule has 0 unspecified atom stereocenters. The Morgan fingerprint density at radius 3 is 2.64 bits per heavy atom. The number of nitrogens with one attached hydrogen (secondary N) is 2. The number of ether oxygens (including phenoxy) is 1.